The molecule has 0 spiro atoms. The molecule has 1 atom stereocenters. The normalized spacial score (nSPS) is 12.4. The minimum atomic E-state index is -0.231. The fourth-order valence-electron chi connectivity index (χ4n) is 4.11. The van der Waals surface area contributed by atoms with Crippen molar-refractivity contribution in [2.45, 2.75) is 39.2 Å². The highest BCUT2D eigenvalue weighted by molar-refractivity contribution is 7.21. The molecule has 0 N–H and O–H groups in total. The summed E-state index contributed by atoms with van der Waals surface area (Å²) in [6, 6.07) is 14.9. The molecule has 0 radical (unpaired) electrons. The highest BCUT2D eigenvalue weighted by Gasteiger charge is 2.22. The van der Waals surface area contributed by atoms with Gasteiger partial charge in [-0.25, -0.2) is 9.97 Å². The summed E-state index contributed by atoms with van der Waals surface area (Å²) < 4.78 is 8.15. The minimum absolute atomic E-state index is 0.231. The van der Waals surface area contributed by atoms with E-state index in [4.69, 9.17) is 9.72 Å². The zero-order valence-electron chi connectivity index (χ0n) is 18.1. The predicted octanol–water partition coefficient (Wildman–Crippen LogP) is 5.90. The van der Waals surface area contributed by atoms with Crippen LogP contribution in [0.1, 0.15) is 43.9 Å². The Morgan fingerprint density at radius 2 is 1.90 bits per heavy atom. The Morgan fingerprint density at radius 3 is 2.55 bits per heavy atom. The molecule has 160 valence electrons. The van der Waals surface area contributed by atoms with Gasteiger partial charge in [0.2, 0.25) is 0 Å². The maximum absolute atomic E-state index is 11.5. The molecule has 0 saturated carbocycles. The van der Waals surface area contributed by atoms with Gasteiger partial charge in [-0.15, -0.1) is 11.3 Å². The van der Waals surface area contributed by atoms with Crippen LogP contribution in [0.15, 0.2) is 61.2 Å². The van der Waals surface area contributed by atoms with Crippen LogP contribution in [-0.4, -0.2) is 27.6 Å². The van der Waals surface area contributed by atoms with Gasteiger partial charge >= 0.3 is 5.97 Å². The third-order valence-corrected chi connectivity index (χ3v) is 6.94. The highest BCUT2D eigenvalue weighted by Crippen LogP contribution is 2.36. The summed E-state index contributed by atoms with van der Waals surface area (Å²) in [7, 11) is 1.41. The molecule has 4 aromatic rings. The summed E-state index contributed by atoms with van der Waals surface area (Å²) in [5.74, 6) is 0.312. The molecule has 5 nitrogen and oxygen atoms in total. The minimum Gasteiger partial charge on any atom is -0.469 e. The summed E-state index contributed by atoms with van der Waals surface area (Å²) in [4.78, 5) is 20.6. The molecule has 2 aromatic carbocycles. The van der Waals surface area contributed by atoms with Crippen molar-refractivity contribution >= 4 is 27.5 Å². The van der Waals surface area contributed by atoms with Crippen LogP contribution in [-0.2, 0) is 16.0 Å². The molecule has 0 aliphatic heterocycles. The molecule has 4 rings (SSSR count). The number of aromatic nitrogens is 3. The maximum atomic E-state index is 11.5. The van der Waals surface area contributed by atoms with Crippen molar-refractivity contribution in [1.29, 1.82) is 0 Å². The van der Waals surface area contributed by atoms with E-state index in [1.165, 1.54) is 17.4 Å². The van der Waals surface area contributed by atoms with Gasteiger partial charge in [-0.2, -0.15) is 0 Å². The third-order valence-electron chi connectivity index (χ3n) is 5.87. The van der Waals surface area contributed by atoms with Gasteiger partial charge in [-0.05, 0) is 29.2 Å². The van der Waals surface area contributed by atoms with Gasteiger partial charge in [0.25, 0.3) is 0 Å². The first-order chi connectivity index (χ1) is 15.1. The molecule has 0 fully saturated rings. The van der Waals surface area contributed by atoms with Crippen molar-refractivity contribution in [3.05, 3.63) is 72.3 Å². The van der Waals surface area contributed by atoms with Gasteiger partial charge in [0, 0.05) is 18.0 Å². The number of nitrogens with zero attached hydrogens (tertiary/aromatic N) is 3. The number of thiazole rings is 1. The van der Waals surface area contributed by atoms with Crippen molar-refractivity contribution in [3.63, 3.8) is 0 Å². The standard InChI is InChI=1S/C25H27N3O2S/c1-4-18(5-2)24(28-13-12-26-16-28)20-10-11-21-22(15-20)31-25(27-21)19-8-6-17(7-9-19)14-23(29)30-3/h6-13,15-16,18,24H,4-5,14H2,1-3H3. The van der Waals surface area contributed by atoms with Crippen LogP contribution in [0.5, 0.6) is 0 Å². The van der Waals surface area contributed by atoms with Crippen LogP contribution in [0.4, 0.5) is 0 Å². The van der Waals surface area contributed by atoms with Gasteiger partial charge in [0.05, 0.1) is 36.1 Å². The third kappa shape index (κ3) is 4.54. The van der Waals surface area contributed by atoms with Crippen LogP contribution in [0.25, 0.3) is 20.8 Å². The lowest BCUT2D eigenvalue weighted by Crippen LogP contribution is -2.18. The Labute approximate surface area is 186 Å². The second-order valence-corrected chi connectivity index (χ2v) is 8.76. The lowest BCUT2D eigenvalue weighted by molar-refractivity contribution is -0.139. The summed E-state index contributed by atoms with van der Waals surface area (Å²) in [6.07, 6.45) is 8.34. The largest absolute Gasteiger partial charge is 0.469 e. The monoisotopic (exact) mass is 433 g/mol. The smallest absolute Gasteiger partial charge is 0.309 e. The van der Waals surface area contributed by atoms with E-state index in [0.29, 0.717) is 5.92 Å². The van der Waals surface area contributed by atoms with Crippen LogP contribution in [0, 0.1) is 5.92 Å². The van der Waals surface area contributed by atoms with E-state index in [2.05, 4.69) is 47.8 Å². The van der Waals surface area contributed by atoms with Crippen LogP contribution >= 0.6 is 11.3 Å². The van der Waals surface area contributed by atoms with E-state index in [-0.39, 0.29) is 18.4 Å². The Bertz CT molecular complexity index is 1150. The summed E-state index contributed by atoms with van der Waals surface area (Å²) in [6.45, 7) is 4.51. The quantitative estimate of drug-likeness (QED) is 0.325. The average molecular weight is 434 g/mol. The number of imidazole rings is 1. The number of rotatable bonds is 8. The van der Waals surface area contributed by atoms with E-state index in [9.17, 15) is 4.79 Å². The van der Waals surface area contributed by atoms with Gasteiger partial charge in [-0.1, -0.05) is 57.0 Å². The summed E-state index contributed by atoms with van der Waals surface area (Å²) in [5, 5.41) is 0.985. The number of carbonyl (C=O) groups excluding carboxylic acids is 1. The molecule has 0 aliphatic carbocycles. The zero-order valence-corrected chi connectivity index (χ0v) is 18.9. The molecular formula is C25H27N3O2S. The van der Waals surface area contributed by atoms with Crippen LogP contribution in [0.3, 0.4) is 0 Å². The SMILES string of the molecule is CCC(CC)C(c1ccc2nc(-c3ccc(CC(=O)OC)cc3)sc2c1)n1ccnc1. The first kappa shape index (κ1) is 21.2. The van der Waals surface area contributed by atoms with Gasteiger partial charge in [0.1, 0.15) is 5.01 Å². The number of hydrogen-bond donors (Lipinski definition) is 0. The highest BCUT2D eigenvalue weighted by atomic mass is 32.1. The molecule has 0 saturated heterocycles. The molecular weight excluding hydrogens is 406 g/mol. The molecule has 6 heteroatoms. The lowest BCUT2D eigenvalue weighted by Gasteiger charge is -2.27. The number of methoxy groups -OCH3 is 1. The van der Waals surface area contributed by atoms with E-state index in [0.717, 1.165) is 34.5 Å². The average Bonchev–Trinajstić information content (AvgIpc) is 3.47. The molecule has 31 heavy (non-hydrogen) atoms. The predicted molar refractivity (Wildman–Crippen MR) is 125 cm³/mol. The van der Waals surface area contributed by atoms with Crippen molar-refractivity contribution in [2.24, 2.45) is 5.92 Å². The number of benzene rings is 2. The van der Waals surface area contributed by atoms with Gasteiger partial charge in [0.15, 0.2) is 0 Å². The Morgan fingerprint density at radius 1 is 1.13 bits per heavy atom. The maximum Gasteiger partial charge on any atom is 0.309 e. The molecule has 0 aliphatic rings. The van der Waals surface area contributed by atoms with E-state index in [1.807, 2.05) is 36.8 Å². The van der Waals surface area contributed by atoms with E-state index < -0.39 is 0 Å². The van der Waals surface area contributed by atoms with Crippen molar-refractivity contribution < 1.29 is 9.53 Å². The topological polar surface area (TPSA) is 57.0 Å². The Balaban J connectivity index is 1.65. The number of hydrogen-bond acceptors (Lipinski definition) is 5. The molecule has 0 bridgehead atoms. The summed E-state index contributed by atoms with van der Waals surface area (Å²) in [5.41, 5.74) is 4.30. The van der Waals surface area contributed by atoms with Crippen LogP contribution < -0.4 is 0 Å². The molecule has 0 amide bonds. The van der Waals surface area contributed by atoms with Crippen molar-refractivity contribution in [1.82, 2.24) is 14.5 Å². The second kappa shape index (κ2) is 9.43. The number of carbonyl (C=O) groups is 1. The molecule has 1 unspecified atom stereocenters. The van der Waals surface area contributed by atoms with Crippen LogP contribution in [0.2, 0.25) is 0 Å². The lowest BCUT2D eigenvalue weighted by atomic mass is 9.88. The van der Waals surface area contributed by atoms with Gasteiger partial charge in [-0.3, -0.25) is 4.79 Å². The fourth-order valence-corrected chi connectivity index (χ4v) is 5.13. The second-order valence-electron chi connectivity index (χ2n) is 7.73. The number of esters is 1. The Hall–Kier alpha value is -2.99. The summed E-state index contributed by atoms with van der Waals surface area (Å²) >= 11 is 1.70. The zero-order chi connectivity index (χ0) is 21.8. The van der Waals surface area contributed by atoms with Crippen molar-refractivity contribution in [2.75, 3.05) is 7.11 Å². The number of fused-ring (bicyclic) bond motifs is 1. The first-order valence-corrected chi connectivity index (χ1v) is 11.5. The van der Waals surface area contributed by atoms with E-state index >= 15 is 0 Å². The Kier molecular flexibility index (Phi) is 6.47. The van der Waals surface area contributed by atoms with E-state index in [1.54, 1.807) is 11.3 Å². The first-order valence-electron chi connectivity index (χ1n) is 10.7. The molecule has 2 heterocycles. The molecule has 2 aromatic heterocycles. The van der Waals surface area contributed by atoms with Gasteiger partial charge < -0.3 is 9.30 Å². The number of ether oxygens (including phenoxy) is 1. The fraction of sp³-hybridized carbons (Fsp3) is 0.320. The van der Waals surface area contributed by atoms with Crippen molar-refractivity contribution in [3.8, 4) is 10.6 Å².